The smallest absolute Gasteiger partial charge is 0.191 e. The van der Waals surface area contributed by atoms with Crippen LogP contribution in [-0.2, 0) is 6.54 Å². The molecule has 122 valence electrons. The van der Waals surface area contributed by atoms with Crippen LogP contribution in [0, 0.1) is 0 Å². The highest BCUT2D eigenvalue weighted by molar-refractivity contribution is 7.98. The van der Waals surface area contributed by atoms with E-state index in [9.17, 15) is 0 Å². The van der Waals surface area contributed by atoms with E-state index in [1.807, 2.05) is 18.0 Å². The Labute approximate surface area is 138 Å². The van der Waals surface area contributed by atoms with Gasteiger partial charge in [0, 0.05) is 38.1 Å². The minimum absolute atomic E-state index is 0.655. The molecule has 0 bridgehead atoms. The lowest BCUT2D eigenvalue weighted by Gasteiger charge is -2.16. The number of guanidine groups is 1. The maximum absolute atomic E-state index is 4.61. The van der Waals surface area contributed by atoms with Crippen molar-refractivity contribution in [2.75, 3.05) is 43.1 Å². The number of thioether (sulfide) groups is 1. The van der Waals surface area contributed by atoms with Crippen LogP contribution in [0.3, 0.4) is 0 Å². The summed E-state index contributed by atoms with van der Waals surface area (Å²) in [5.74, 6) is 3.05. The molecule has 0 aliphatic carbocycles. The molecule has 22 heavy (non-hydrogen) atoms. The van der Waals surface area contributed by atoms with E-state index in [1.54, 1.807) is 0 Å². The summed E-state index contributed by atoms with van der Waals surface area (Å²) in [6.07, 6.45) is 6.62. The molecule has 0 radical (unpaired) electrons. The molecule has 1 aromatic heterocycles. The van der Waals surface area contributed by atoms with Crippen LogP contribution < -0.4 is 15.5 Å². The average molecular weight is 321 g/mol. The molecule has 0 atom stereocenters. The summed E-state index contributed by atoms with van der Waals surface area (Å²) in [6.45, 7) is 6.80. The van der Waals surface area contributed by atoms with Gasteiger partial charge in [0.1, 0.15) is 5.82 Å². The molecule has 0 aromatic carbocycles. The van der Waals surface area contributed by atoms with Gasteiger partial charge in [-0.05, 0) is 37.7 Å². The molecule has 0 unspecified atom stereocenters. The highest BCUT2D eigenvalue weighted by Gasteiger charge is 2.12. The minimum Gasteiger partial charge on any atom is -0.357 e. The molecular formula is C16H27N5S. The van der Waals surface area contributed by atoms with Crippen molar-refractivity contribution in [3.8, 4) is 0 Å². The quantitative estimate of drug-likeness (QED) is 0.458. The predicted molar refractivity (Wildman–Crippen MR) is 96.9 cm³/mol. The van der Waals surface area contributed by atoms with E-state index in [2.05, 4.69) is 50.8 Å². The Hall–Kier alpha value is -1.43. The Morgan fingerprint density at radius 3 is 2.77 bits per heavy atom. The fourth-order valence-electron chi connectivity index (χ4n) is 2.43. The van der Waals surface area contributed by atoms with Crippen LogP contribution in [0.15, 0.2) is 23.3 Å². The normalized spacial score (nSPS) is 15.2. The summed E-state index contributed by atoms with van der Waals surface area (Å²) in [6, 6.07) is 4.25. The lowest BCUT2D eigenvalue weighted by molar-refractivity contribution is 0.841. The van der Waals surface area contributed by atoms with Crippen molar-refractivity contribution in [1.82, 2.24) is 15.6 Å². The predicted octanol–water partition coefficient (Wildman–Crippen LogP) is 2.10. The van der Waals surface area contributed by atoms with Gasteiger partial charge in [0.25, 0.3) is 0 Å². The van der Waals surface area contributed by atoms with Crippen LogP contribution in [0.1, 0.15) is 25.3 Å². The highest BCUT2D eigenvalue weighted by atomic mass is 32.2. The van der Waals surface area contributed by atoms with Gasteiger partial charge in [-0.25, -0.2) is 9.98 Å². The van der Waals surface area contributed by atoms with Crippen LogP contribution in [0.4, 0.5) is 5.82 Å². The van der Waals surface area contributed by atoms with Gasteiger partial charge in [0.2, 0.25) is 0 Å². The van der Waals surface area contributed by atoms with Gasteiger partial charge >= 0.3 is 0 Å². The molecule has 6 heteroatoms. The Morgan fingerprint density at radius 1 is 1.32 bits per heavy atom. The lowest BCUT2D eigenvalue weighted by atomic mass is 10.3. The zero-order valence-corrected chi connectivity index (χ0v) is 14.5. The summed E-state index contributed by atoms with van der Waals surface area (Å²) in [5, 5.41) is 6.61. The van der Waals surface area contributed by atoms with E-state index in [4.69, 9.17) is 0 Å². The van der Waals surface area contributed by atoms with Crippen LogP contribution in [-0.4, -0.2) is 49.1 Å². The Bertz CT molecular complexity index is 454. The molecule has 2 rings (SSSR count). The molecule has 1 aromatic rings. The molecule has 1 aliphatic rings. The van der Waals surface area contributed by atoms with E-state index in [0.717, 1.165) is 49.3 Å². The third kappa shape index (κ3) is 5.40. The Balaban J connectivity index is 1.88. The highest BCUT2D eigenvalue weighted by Crippen LogP contribution is 2.17. The molecule has 0 spiro atoms. The van der Waals surface area contributed by atoms with Crippen molar-refractivity contribution in [1.29, 1.82) is 0 Å². The first kappa shape index (κ1) is 16.9. The Morgan fingerprint density at radius 2 is 2.14 bits per heavy atom. The molecule has 2 heterocycles. The number of pyridine rings is 1. The van der Waals surface area contributed by atoms with Gasteiger partial charge in [0.05, 0.1) is 6.54 Å². The van der Waals surface area contributed by atoms with Crippen molar-refractivity contribution in [3.05, 3.63) is 23.9 Å². The second-order valence-corrected chi connectivity index (χ2v) is 6.32. The topological polar surface area (TPSA) is 52.6 Å². The molecule has 2 N–H and O–H groups in total. The summed E-state index contributed by atoms with van der Waals surface area (Å²) in [5.41, 5.74) is 1.14. The zero-order chi connectivity index (χ0) is 15.6. The first-order chi connectivity index (χ1) is 10.8. The van der Waals surface area contributed by atoms with Gasteiger partial charge in [-0.2, -0.15) is 11.8 Å². The van der Waals surface area contributed by atoms with Crippen LogP contribution in [0.2, 0.25) is 0 Å². The molecule has 1 aliphatic heterocycles. The van der Waals surface area contributed by atoms with Gasteiger partial charge in [-0.15, -0.1) is 0 Å². The van der Waals surface area contributed by atoms with Crippen LogP contribution in [0.5, 0.6) is 0 Å². The fourth-order valence-corrected chi connectivity index (χ4v) is 2.73. The van der Waals surface area contributed by atoms with E-state index < -0.39 is 0 Å². The third-order valence-corrected chi connectivity index (χ3v) is 4.21. The summed E-state index contributed by atoms with van der Waals surface area (Å²) < 4.78 is 0. The third-order valence-electron chi connectivity index (χ3n) is 3.60. The number of nitrogens with zero attached hydrogens (tertiary/aromatic N) is 3. The second kappa shape index (κ2) is 9.56. The number of aromatic nitrogens is 1. The van der Waals surface area contributed by atoms with Crippen LogP contribution in [0.25, 0.3) is 0 Å². The van der Waals surface area contributed by atoms with Gasteiger partial charge in [0.15, 0.2) is 5.96 Å². The number of anilines is 1. The SMILES string of the molecule is CCNC(=NCc1ccc(N2CCCC2)nc1)NCCSC. The van der Waals surface area contributed by atoms with Crippen molar-refractivity contribution < 1.29 is 0 Å². The summed E-state index contributed by atoms with van der Waals surface area (Å²) in [4.78, 5) is 11.5. The fraction of sp³-hybridized carbons (Fsp3) is 0.625. The molecule has 5 nitrogen and oxygen atoms in total. The van der Waals surface area contributed by atoms with Gasteiger partial charge < -0.3 is 15.5 Å². The van der Waals surface area contributed by atoms with Gasteiger partial charge in [-0.1, -0.05) is 6.07 Å². The zero-order valence-electron chi connectivity index (χ0n) is 13.6. The van der Waals surface area contributed by atoms with Crippen LogP contribution >= 0.6 is 11.8 Å². The molecule has 1 saturated heterocycles. The summed E-state index contributed by atoms with van der Waals surface area (Å²) >= 11 is 1.83. The standard InChI is InChI=1S/C16H27N5S/c1-3-17-16(18-8-11-22-2)20-13-14-6-7-15(19-12-14)21-9-4-5-10-21/h6-7,12H,3-5,8-11,13H2,1-2H3,(H2,17,18,20). The van der Waals surface area contributed by atoms with Crippen molar-refractivity contribution in [3.63, 3.8) is 0 Å². The van der Waals surface area contributed by atoms with Crippen molar-refractivity contribution >= 4 is 23.5 Å². The number of hydrogen-bond acceptors (Lipinski definition) is 4. The Kier molecular flexibility index (Phi) is 7.36. The molecule has 0 saturated carbocycles. The second-order valence-electron chi connectivity index (χ2n) is 5.33. The van der Waals surface area contributed by atoms with E-state index in [1.165, 1.54) is 12.8 Å². The van der Waals surface area contributed by atoms with Gasteiger partial charge in [-0.3, -0.25) is 0 Å². The first-order valence-corrected chi connectivity index (χ1v) is 9.44. The number of nitrogens with one attached hydrogen (secondary N) is 2. The first-order valence-electron chi connectivity index (χ1n) is 8.04. The van der Waals surface area contributed by atoms with E-state index in [-0.39, 0.29) is 0 Å². The van der Waals surface area contributed by atoms with Crippen molar-refractivity contribution in [2.45, 2.75) is 26.3 Å². The number of hydrogen-bond donors (Lipinski definition) is 2. The average Bonchev–Trinajstić information content (AvgIpc) is 3.08. The number of aliphatic imine (C=N–C) groups is 1. The van der Waals surface area contributed by atoms with E-state index in [0.29, 0.717) is 6.54 Å². The minimum atomic E-state index is 0.655. The van der Waals surface area contributed by atoms with E-state index >= 15 is 0 Å². The monoisotopic (exact) mass is 321 g/mol. The molecule has 1 fully saturated rings. The molecular weight excluding hydrogens is 294 g/mol. The molecule has 0 amide bonds. The largest absolute Gasteiger partial charge is 0.357 e. The maximum atomic E-state index is 4.61. The summed E-state index contributed by atoms with van der Waals surface area (Å²) in [7, 11) is 0. The lowest BCUT2D eigenvalue weighted by Crippen LogP contribution is -2.38. The van der Waals surface area contributed by atoms with Crippen molar-refractivity contribution in [2.24, 2.45) is 4.99 Å². The number of rotatable bonds is 7. The maximum Gasteiger partial charge on any atom is 0.191 e.